The number of aromatic nitrogens is 2. The summed E-state index contributed by atoms with van der Waals surface area (Å²) in [5, 5.41) is 9.21. The van der Waals surface area contributed by atoms with Crippen molar-refractivity contribution in [3.8, 4) is 0 Å². The third-order valence-corrected chi connectivity index (χ3v) is 2.66. The molecule has 2 N–H and O–H groups in total. The van der Waals surface area contributed by atoms with Crippen LogP contribution in [0.4, 0.5) is 5.69 Å². The fraction of sp³-hybridized carbons (Fsp3) is 0.500. The lowest BCUT2D eigenvalue weighted by Crippen LogP contribution is -2.43. The van der Waals surface area contributed by atoms with Gasteiger partial charge in [-0.1, -0.05) is 0 Å². The summed E-state index contributed by atoms with van der Waals surface area (Å²) in [5.74, 6) is 0.169. The predicted molar refractivity (Wildman–Crippen MR) is 59.1 cm³/mol. The maximum Gasteiger partial charge on any atom is 0.266 e. The minimum Gasteiger partial charge on any atom is -0.379 e. The van der Waals surface area contributed by atoms with E-state index in [0.29, 0.717) is 18.7 Å². The highest BCUT2D eigenvalue weighted by Gasteiger charge is 2.22. The smallest absolute Gasteiger partial charge is 0.266 e. The maximum absolute atomic E-state index is 11.3. The largest absolute Gasteiger partial charge is 0.379 e. The zero-order valence-corrected chi connectivity index (χ0v) is 9.06. The zero-order valence-electron chi connectivity index (χ0n) is 9.06. The molecule has 1 aromatic heterocycles. The van der Waals surface area contributed by atoms with Crippen LogP contribution in [0.3, 0.4) is 0 Å². The van der Waals surface area contributed by atoms with Gasteiger partial charge >= 0.3 is 0 Å². The quantitative estimate of drug-likeness (QED) is 0.726. The van der Waals surface area contributed by atoms with Crippen molar-refractivity contribution in [1.82, 2.24) is 15.1 Å². The van der Waals surface area contributed by atoms with Crippen molar-refractivity contribution in [3.05, 3.63) is 22.6 Å². The van der Waals surface area contributed by atoms with Crippen LogP contribution in [0.15, 0.2) is 17.1 Å². The lowest BCUT2D eigenvalue weighted by molar-refractivity contribution is -0.132. The van der Waals surface area contributed by atoms with Gasteiger partial charge in [-0.05, 0) is 6.42 Å². The number of anilines is 1. The summed E-state index contributed by atoms with van der Waals surface area (Å²) in [6.45, 7) is 0.658. The van der Waals surface area contributed by atoms with E-state index in [1.165, 1.54) is 6.07 Å². The fourth-order valence-electron chi connectivity index (χ4n) is 1.82. The Hall–Kier alpha value is -1.85. The molecule has 1 unspecified atom stereocenters. The number of carbonyl (C=O) groups excluding carboxylic acids is 1. The molecule has 0 radical (unpaired) electrons. The van der Waals surface area contributed by atoms with Gasteiger partial charge in [-0.2, -0.15) is 5.10 Å². The number of aromatic amines is 1. The van der Waals surface area contributed by atoms with Gasteiger partial charge in [0.15, 0.2) is 0 Å². The third-order valence-electron chi connectivity index (χ3n) is 2.66. The van der Waals surface area contributed by atoms with Gasteiger partial charge in [-0.15, -0.1) is 0 Å². The van der Waals surface area contributed by atoms with E-state index in [1.54, 1.807) is 18.1 Å². The molecule has 2 rings (SSSR count). The maximum atomic E-state index is 11.3. The second-order valence-electron chi connectivity index (χ2n) is 3.99. The first-order chi connectivity index (χ1) is 7.65. The predicted octanol–water partition coefficient (Wildman–Crippen LogP) is -0.197. The minimum atomic E-state index is -0.231. The molecule has 0 aromatic carbocycles. The van der Waals surface area contributed by atoms with Crippen LogP contribution in [-0.2, 0) is 4.79 Å². The van der Waals surface area contributed by atoms with Crippen LogP contribution < -0.4 is 10.9 Å². The summed E-state index contributed by atoms with van der Waals surface area (Å²) in [5.41, 5.74) is 0.460. The number of hydrogen-bond donors (Lipinski definition) is 2. The Kier molecular flexibility index (Phi) is 2.89. The second kappa shape index (κ2) is 4.34. The molecule has 1 aliphatic heterocycles. The van der Waals surface area contributed by atoms with Crippen LogP contribution in [0.2, 0.25) is 0 Å². The molecule has 1 aromatic rings. The summed E-state index contributed by atoms with van der Waals surface area (Å²) < 4.78 is 0. The summed E-state index contributed by atoms with van der Waals surface area (Å²) in [6, 6.07) is 1.65. The molecule has 6 nitrogen and oxygen atoms in total. The fourth-order valence-corrected chi connectivity index (χ4v) is 1.82. The van der Waals surface area contributed by atoms with E-state index < -0.39 is 0 Å². The molecular formula is C10H14N4O2. The summed E-state index contributed by atoms with van der Waals surface area (Å²) in [6.07, 6.45) is 2.90. The number of nitrogens with zero attached hydrogens (tertiary/aromatic N) is 2. The Morgan fingerprint density at radius 3 is 3.06 bits per heavy atom. The third kappa shape index (κ3) is 2.39. The first-order valence-electron chi connectivity index (χ1n) is 5.20. The molecule has 1 atom stereocenters. The monoisotopic (exact) mass is 222 g/mol. The number of hydrogen-bond acceptors (Lipinski definition) is 4. The van der Waals surface area contributed by atoms with E-state index >= 15 is 0 Å². The van der Waals surface area contributed by atoms with Crippen LogP contribution in [0.25, 0.3) is 0 Å². The number of carbonyl (C=O) groups is 1. The van der Waals surface area contributed by atoms with Crippen molar-refractivity contribution in [3.63, 3.8) is 0 Å². The average molecular weight is 222 g/mol. The molecule has 0 spiro atoms. The van der Waals surface area contributed by atoms with Gasteiger partial charge in [0.25, 0.3) is 5.56 Å². The number of nitrogens with one attached hydrogen (secondary N) is 2. The van der Waals surface area contributed by atoms with Crippen molar-refractivity contribution in [2.75, 3.05) is 18.9 Å². The van der Waals surface area contributed by atoms with Gasteiger partial charge in [0.1, 0.15) is 0 Å². The molecule has 0 saturated carbocycles. The van der Waals surface area contributed by atoms with Crippen LogP contribution in [-0.4, -0.2) is 40.6 Å². The van der Waals surface area contributed by atoms with E-state index in [2.05, 4.69) is 15.5 Å². The lowest BCUT2D eigenvalue weighted by atomic mass is 10.1. The van der Waals surface area contributed by atoms with Crippen LogP contribution in [0, 0.1) is 0 Å². The summed E-state index contributed by atoms with van der Waals surface area (Å²) in [7, 11) is 1.78. The topological polar surface area (TPSA) is 78.1 Å². The van der Waals surface area contributed by atoms with Gasteiger partial charge in [0.05, 0.1) is 11.9 Å². The van der Waals surface area contributed by atoms with Gasteiger partial charge in [0, 0.05) is 32.1 Å². The normalized spacial score (nSPS) is 20.9. The molecule has 1 fully saturated rings. The van der Waals surface area contributed by atoms with Gasteiger partial charge in [0.2, 0.25) is 5.91 Å². The lowest BCUT2D eigenvalue weighted by Gasteiger charge is -2.30. The van der Waals surface area contributed by atoms with Crippen molar-refractivity contribution < 1.29 is 4.79 Å². The molecule has 0 aliphatic carbocycles. The molecule has 1 aliphatic rings. The number of likely N-dealkylation sites (tertiary alicyclic amines) is 1. The molecule has 6 heteroatoms. The Morgan fingerprint density at radius 1 is 1.56 bits per heavy atom. The molecular weight excluding hydrogens is 208 g/mol. The molecule has 2 heterocycles. The van der Waals surface area contributed by atoms with Crippen molar-refractivity contribution >= 4 is 11.6 Å². The molecule has 16 heavy (non-hydrogen) atoms. The number of rotatable bonds is 2. The molecule has 1 amide bonds. The van der Waals surface area contributed by atoms with Gasteiger partial charge < -0.3 is 10.2 Å². The van der Waals surface area contributed by atoms with Crippen molar-refractivity contribution in [1.29, 1.82) is 0 Å². The standard InChI is InChI=1S/C10H14N4O2/c1-14-6-7(2-3-10(14)16)12-8-4-9(15)13-11-5-8/h4-5,7H,2-3,6H2,1H3,(H2,12,13,15). The average Bonchev–Trinajstić information content (AvgIpc) is 2.24. The van der Waals surface area contributed by atoms with E-state index in [9.17, 15) is 9.59 Å². The summed E-state index contributed by atoms with van der Waals surface area (Å²) >= 11 is 0. The number of H-pyrrole nitrogens is 1. The Labute approximate surface area is 92.7 Å². The van der Waals surface area contributed by atoms with E-state index in [-0.39, 0.29) is 17.5 Å². The van der Waals surface area contributed by atoms with E-state index in [0.717, 1.165) is 6.42 Å². The first kappa shape index (κ1) is 10.7. The Bertz CT molecular complexity index is 442. The van der Waals surface area contributed by atoms with Crippen LogP contribution in [0.5, 0.6) is 0 Å². The van der Waals surface area contributed by atoms with E-state index in [4.69, 9.17) is 0 Å². The zero-order chi connectivity index (χ0) is 11.5. The SMILES string of the molecule is CN1CC(Nc2cn[nH]c(=O)c2)CCC1=O. The minimum absolute atomic E-state index is 0.169. The van der Waals surface area contributed by atoms with E-state index in [1.807, 2.05) is 0 Å². The Morgan fingerprint density at radius 2 is 2.38 bits per heavy atom. The highest BCUT2D eigenvalue weighted by Crippen LogP contribution is 2.13. The van der Waals surface area contributed by atoms with Gasteiger partial charge in [-0.25, -0.2) is 5.10 Å². The highest BCUT2D eigenvalue weighted by molar-refractivity contribution is 5.77. The van der Waals surface area contributed by atoms with Crippen molar-refractivity contribution in [2.24, 2.45) is 0 Å². The number of amides is 1. The van der Waals surface area contributed by atoms with Crippen LogP contribution >= 0.6 is 0 Å². The first-order valence-corrected chi connectivity index (χ1v) is 5.20. The molecule has 1 saturated heterocycles. The second-order valence-corrected chi connectivity index (χ2v) is 3.99. The molecule has 0 bridgehead atoms. The molecule has 86 valence electrons. The Balaban J connectivity index is 2.00. The van der Waals surface area contributed by atoms with Gasteiger partial charge in [-0.3, -0.25) is 9.59 Å². The highest BCUT2D eigenvalue weighted by atomic mass is 16.2. The number of piperidine rings is 1. The number of likely N-dealkylation sites (N-methyl/N-ethyl adjacent to an activating group) is 1. The van der Waals surface area contributed by atoms with Crippen LogP contribution in [0.1, 0.15) is 12.8 Å². The van der Waals surface area contributed by atoms with Crippen molar-refractivity contribution in [2.45, 2.75) is 18.9 Å². The summed E-state index contributed by atoms with van der Waals surface area (Å²) in [4.78, 5) is 24.0.